The van der Waals surface area contributed by atoms with Crippen LogP contribution in [0.5, 0.6) is 0 Å². The summed E-state index contributed by atoms with van der Waals surface area (Å²) in [5, 5.41) is 18.8. The summed E-state index contributed by atoms with van der Waals surface area (Å²) in [4.78, 5) is 14.7. The molecule has 4 aromatic rings. The van der Waals surface area contributed by atoms with E-state index in [1.165, 1.54) is 11.1 Å². The van der Waals surface area contributed by atoms with Crippen LogP contribution in [0.25, 0.3) is 20.8 Å². The highest BCUT2D eigenvalue weighted by atomic mass is 32.1. The van der Waals surface area contributed by atoms with Crippen molar-refractivity contribution in [2.45, 2.75) is 58.7 Å². The summed E-state index contributed by atoms with van der Waals surface area (Å²) in [5.41, 5.74) is 4.83. The Morgan fingerprint density at radius 1 is 1.06 bits per heavy atom. The van der Waals surface area contributed by atoms with Crippen LogP contribution < -0.4 is 10.6 Å². The molecule has 0 saturated heterocycles. The van der Waals surface area contributed by atoms with Crippen molar-refractivity contribution in [1.29, 1.82) is 0 Å². The molecule has 2 fully saturated rings. The Morgan fingerprint density at radius 3 is 2.63 bits per heavy atom. The lowest BCUT2D eigenvalue weighted by molar-refractivity contribution is 0.172. The van der Waals surface area contributed by atoms with Crippen molar-refractivity contribution < 1.29 is 5.11 Å². The van der Waals surface area contributed by atoms with E-state index < -0.39 is 0 Å². The monoisotopic (exact) mass is 485 g/mol. The average molecular weight is 486 g/mol. The van der Waals surface area contributed by atoms with E-state index in [1.54, 1.807) is 11.3 Å². The van der Waals surface area contributed by atoms with E-state index in [9.17, 15) is 5.11 Å². The number of nitrogens with one attached hydrogen (secondary N) is 2. The summed E-state index contributed by atoms with van der Waals surface area (Å²) in [6.07, 6.45) is 1.77. The number of nitrogens with zero attached hydrogens (tertiary/aromatic N) is 3. The lowest BCUT2D eigenvalue weighted by atomic mass is 9.84. The minimum atomic E-state index is -0.262. The van der Waals surface area contributed by atoms with E-state index in [2.05, 4.69) is 61.7 Å². The lowest BCUT2D eigenvalue weighted by Gasteiger charge is -2.36. The SMILES string of the molecule is Cc1cccc(CNc2nc(C)c(-c3nc4ccccc4s3)c(NC3(C)CCC4C(O)C43C)n2)c1. The fourth-order valence-corrected chi connectivity index (χ4v) is 6.99. The van der Waals surface area contributed by atoms with Crippen LogP contribution in [0.15, 0.2) is 48.5 Å². The molecule has 0 spiro atoms. The van der Waals surface area contributed by atoms with E-state index in [1.807, 2.05) is 25.1 Å². The van der Waals surface area contributed by atoms with Gasteiger partial charge in [-0.05, 0) is 57.2 Å². The van der Waals surface area contributed by atoms with Crippen molar-refractivity contribution >= 4 is 33.3 Å². The number of para-hydroxylation sites is 1. The van der Waals surface area contributed by atoms with Crippen LogP contribution >= 0.6 is 11.3 Å². The van der Waals surface area contributed by atoms with Crippen LogP contribution in [0, 0.1) is 25.2 Å². The Labute approximate surface area is 209 Å². The van der Waals surface area contributed by atoms with Gasteiger partial charge in [0.1, 0.15) is 10.8 Å². The Bertz CT molecular complexity index is 1400. The molecule has 180 valence electrons. The van der Waals surface area contributed by atoms with Crippen molar-refractivity contribution in [3.63, 3.8) is 0 Å². The molecule has 0 aliphatic heterocycles. The highest BCUT2D eigenvalue weighted by molar-refractivity contribution is 7.21. The first-order valence-corrected chi connectivity index (χ1v) is 13.1. The van der Waals surface area contributed by atoms with Gasteiger partial charge in [-0.2, -0.15) is 4.98 Å². The van der Waals surface area contributed by atoms with Crippen molar-refractivity contribution in [1.82, 2.24) is 15.0 Å². The van der Waals surface area contributed by atoms with Crippen LogP contribution in [-0.2, 0) is 6.54 Å². The number of fused-ring (bicyclic) bond motifs is 2. The van der Waals surface area contributed by atoms with Gasteiger partial charge in [0.25, 0.3) is 0 Å². The third kappa shape index (κ3) is 3.60. The number of hydrogen-bond acceptors (Lipinski definition) is 7. The molecule has 6 nitrogen and oxygen atoms in total. The Kier molecular flexibility index (Phi) is 5.13. The number of aliphatic hydroxyl groups is 1. The molecule has 2 aromatic heterocycles. The van der Waals surface area contributed by atoms with Gasteiger partial charge in [-0.3, -0.25) is 0 Å². The van der Waals surface area contributed by atoms with Crippen LogP contribution in [-0.4, -0.2) is 31.7 Å². The van der Waals surface area contributed by atoms with Gasteiger partial charge < -0.3 is 15.7 Å². The fraction of sp³-hybridized carbons (Fsp3) is 0.393. The van der Waals surface area contributed by atoms with Crippen molar-refractivity contribution in [2.24, 2.45) is 11.3 Å². The Balaban J connectivity index is 1.40. The van der Waals surface area contributed by atoms with Gasteiger partial charge in [0.15, 0.2) is 0 Å². The highest BCUT2D eigenvalue weighted by Gasteiger charge is 2.73. The standard InChI is InChI=1S/C28H31N5OS/c1-16-8-7-9-18(14-16)15-29-26-30-17(2)22(25-31-20-10-5-6-11-21(20)35-25)24(32-26)33-27(3)13-12-19-23(34)28(19,27)4/h5-11,14,19,23,34H,12-13,15H2,1-4H3,(H2,29,30,32,33). The largest absolute Gasteiger partial charge is 0.392 e. The van der Waals surface area contributed by atoms with Gasteiger partial charge in [-0.1, -0.05) is 48.9 Å². The molecule has 0 amide bonds. The summed E-state index contributed by atoms with van der Waals surface area (Å²) >= 11 is 1.66. The van der Waals surface area contributed by atoms with Crippen LogP contribution in [0.4, 0.5) is 11.8 Å². The number of anilines is 2. The van der Waals surface area contributed by atoms with Gasteiger partial charge in [0.2, 0.25) is 5.95 Å². The van der Waals surface area contributed by atoms with Crippen LogP contribution in [0.2, 0.25) is 0 Å². The van der Waals surface area contributed by atoms with Crippen molar-refractivity contribution in [2.75, 3.05) is 10.6 Å². The lowest BCUT2D eigenvalue weighted by Crippen LogP contribution is -2.43. The molecule has 2 aromatic carbocycles. The summed E-state index contributed by atoms with van der Waals surface area (Å²) in [6, 6.07) is 16.6. The Morgan fingerprint density at radius 2 is 1.89 bits per heavy atom. The quantitative estimate of drug-likeness (QED) is 0.313. The summed E-state index contributed by atoms with van der Waals surface area (Å²) in [7, 11) is 0. The summed E-state index contributed by atoms with van der Waals surface area (Å²) < 4.78 is 1.14. The normalized spacial score (nSPS) is 27.1. The van der Waals surface area contributed by atoms with Gasteiger partial charge in [0.05, 0.1) is 27.6 Å². The van der Waals surface area contributed by atoms with E-state index in [4.69, 9.17) is 15.0 Å². The maximum Gasteiger partial charge on any atom is 0.225 e. The first kappa shape index (κ1) is 22.4. The molecule has 0 radical (unpaired) electrons. The smallest absolute Gasteiger partial charge is 0.225 e. The minimum Gasteiger partial charge on any atom is -0.392 e. The second-order valence-corrected chi connectivity index (χ2v) is 11.5. The second kappa shape index (κ2) is 8.00. The molecule has 4 unspecified atom stereocenters. The molecule has 0 bridgehead atoms. The number of rotatable bonds is 6. The summed E-state index contributed by atoms with van der Waals surface area (Å²) in [5.74, 6) is 1.73. The van der Waals surface area contributed by atoms with E-state index >= 15 is 0 Å². The maximum atomic E-state index is 10.6. The molecule has 35 heavy (non-hydrogen) atoms. The first-order valence-electron chi connectivity index (χ1n) is 12.3. The number of aryl methyl sites for hydroxylation is 2. The van der Waals surface area contributed by atoms with Gasteiger partial charge in [-0.15, -0.1) is 11.3 Å². The predicted octanol–water partition coefficient (Wildman–Crippen LogP) is 5.94. The van der Waals surface area contributed by atoms with Gasteiger partial charge in [0, 0.05) is 17.5 Å². The summed E-state index contributed by atoms with van der Waals surface area (Å²) in [6.45, 7) is 9.20. The zero-order chi connectivity index (χ0) is 24.4. The molecule has 6 rings (SSSR count). The molecule has 3 N–H and O–H groups in total. The van der Waals surface area contributed by atoms with E-state index in [0.29, 0.717) is 18.4 Å². The maximum absolute atomic E-state index is 10.6. The highest BCUT2D eigenvalue weighted by Crippen LogP contribution is 2.68. The van der Waals surface area contributed by atoms with Gasteiger partial charge >= 0.3 is 0 Å². The molecule has 2 saturated carbocycles. The van der Waals surface area contributed by atoms with Crippen LogP contribution in [0.1, 0.15) is 43.5 Å². The zero-order valence-electron chi connectivity index (χ0n) is 20.6. The van der Waals surface area contributed by atoms with E-state index in [0.717, 1.165) is 45.1 Å². The molecular formula is C28H31N5OS. The predicted molar refractivity (Wildman–Crippen MR) is 143 cm³/mol. The second-order valence-electron chi connectivity index (χ2n) is 10.5. The molecule has 2 heterocycles. The average Bonchev–Trinajstić information content (AvgIpc) is 3.10. The third-order valence-corrected chi connectivity index (χ3v) is 9.38. The number of thiazole rings is 1. The third-order valence-electron chi connectivity index (χ3n) is 8.33. The van der Waals surface area contributed by atoms with Crippen molar-refractivity contribution in [3.8, 4) is 10.6 Å². The molecular weight excluding hydrogens is 454 g/mol. The zero-order valence-corrected chi connectivity index (χ0v) is 21.4. The first-order chi connectivity index (χ1) is 16.8. The number of benzene rings is 2. The number of aliphatic hydroxyl groups excluding tert-OH is 1. The van der Waals surface area contributed by atoms with Crippen molar-refractivity contribution in [3.05, 3.63) is 65.4 Å². The van der Waals surface area contributed by atoms with Gasteiger partial charge in [-0.25, -0.2) is 9.97 Å². The number of aromatic nitrogens is 3. The molecule has 2 aliphatic carbocycles. The topological polar surface area (TPSA) is 83.0 Å². The molecule has 7 heteroatoms. The molecule has 4 atom stereocenters. The minimum absolute atomic E-state index is 0.147. The molecule has 2 aliphatic rings. The van der Waals surface area contributed by atoms with Crippen LogP contribution in [0.3, 0.4) is 0 Å². The Hall–Kier alpha value is -3.03. The fourth-order valence-electron chi connectivity index (χ4n) is 5.92. The van der Waals surface area contributed by atoms with E-state index in [-0.39, 0.29) is 17.1 Å². The number of hydrogen-bond donors (Lipinski definition) is 3.